The highest BCUT2D eigenvalue weighted by molar-refractivity contribution is 5.80. The Labute approximate surface area is 193 Å². The number of aliphatic imine (C=N–C) groups is 1. The van der Waals surface area contributed by atoms with Gasteiger partial charge in [-0.2, -0.15) is 0 Å². The average molecular weight is 439 g/mol. The van der Waals surface area contributed by atoms with Gasteiger partial charge in [0, 0.05) is 39.1 Å². The molecule has 0 saturated carbocycles. The van der Waals surface area contributed by atoms with Gasteiger partial charge < -0.3 is 24.6 Å². The summed E-state index contributed by atoms with van der Waals surface area (Å²) in [6.07, 6.45) is 2.16. The summed E-state index contributed by atoms with van der Waals surface area (Å²) in [4.78, 5) is 9.00. The van der Waals surface area contributed by atoms with Gasteiger partial charge in [0.25, 0.3) is 0 Å². The van der Waals surface area contributed by atoms with Crippen LogP contribution in [0.15, 0.2) is 59.6 Å². The summed E-state index contributed by atoms with van der Waals surface area (Å²) in [5.41, 5.74) is 2.44. The highest BCUT2D eigenvalue weighted by atomic mass is 16.5. The van der Waals surface area contributed by atoms with E-state index in [0.717, 1.165) is 63.9 Å². The SMILES string of the molecule is CN=C(NCc1ccc(OCCCN(C)C)cc1)N1CCC(COCc2ccccc2)C1. The van der Waals surface area contributed by atoms with Crippen molar-refractivity contribution in [3.05, 3.63) is 65.7 Å². The van der Waals surface area contributed by atoms with Crippen molar-refractivity contribution in [2.24, 2.45) is 10.9 Å². The molecule has 1 saturated heterocycles. The standard InChI is InChI=1S/C26H38N4O2/c1-27-26(28-18-22-10-12-25(13-11-22)32-17-7-15-29(2)3)30-16-14-24(19-30)21-31-20-23-8-5-4-6-9-23/h4-6,8-13,24H,7,14-21H2,1-3H3,(H,27,28). The summed E-state index contributed by atoms with van der Waals surface area (Å²) >= 11 is 0. The van der Waals surface area contributed by atoms with Crippen molar-refractivity contribution in [1.29, 1.82) is 0 Å². The van der Waals surface area contributed by atoms with Gasteiger partial charge in [-0.1, -0.05) is 42.5 Å². The van der Waals surface area contributed by atoms with Gasteiger partial charge >= 0.3 is 0 Å². The Kier molecular flexibility index (Phi) is 9.85. The number of nitrogens with one attached hydrogen (secondary N) is 1. The normalized spacial score (nSPS) is 16.6. The molecule has 0 spiro atoms. The van der Waals surface area contributed by atoms with Crippen LogP contribution in [0.5, 0.6) is 5.75 Å². The van der Waals surface area contributed by atoms with Crippen LogP contribution in [0, 0.1) is 5.92 Å². The highest BCUT2D eigenvalue weighted by Crippen LogP contribution is 2.18. The molecule has 0 amide bonds. The van der Waals surface area contributed by atoms with Crippen LogP contribution >= 0.6 is 0 Å². The first-order valence-corrected chi connectivity index (χ1v) is 11.6. The molecule has 1 aliphatic heterocycles. The molecule has 3 rings (SSSR count). The minimum atomic E-state index is 0.543. The van der Waals surface area contributed by atoms with Gasteiger partial charge in [-0.3, -0.25) is 4.99 Å². The minimum absolute atomic E-state index is 0.543. The Hall–Kier alpha value is -2.57. The first kappa shape index (κ1) is 24.1. The van der Waals surface area contributed by atoms with E-state index in [1.807, 2.05) is 25.2 Å². The smallest absolute Gasteiger partial charge is 0.193 e. The lowest BCUT2D eigenvalue weighted by atomic mass is 10.1. The molecular weight excluding hydrogens is 400 g/mol. The molecule has 0 aliphatic carbocycles. The van der Waals surface area contributed by atoms with Crippen LogP contribution in [0.1, 0.15) is 24.0 Å². The van der Waals surface area contributed by atoms with Crippen molar-refractivity contribution in [3.63, 3.8) is 0 Å². The first-order valence-electron chi connectivity index (χ1n) is 11.6. The van der Waals surface area contributed by atoms with E-state index in [4.69, 9.17) is 9.47 Å². The maximum Gasteiger partial charge on any atom is 0.193 e. The van der Waals surface area contributed by atoms with E-state index >= 15 is 0 Å². The van der Waals surface area contributed by atoms with Crippen LogP contribution in [0.25, 0.3) is 0 Å². The van der Waals surface area contributed by atoms with Crippen LogP contribution < -0.4 is 10.1 Å². The van der Waals surface area contributed by atoms with Crippen LogP contribution in [0.3, 0.4) is 0 Å². The minimum Gasteiger partial charge on any atom is -0.494 e. The molecule has 6 heteroatoms. The summed E-state index contributed by atoms with van der Waals surface area (Å²) in [7, 11) is 6.02. The molecule has 1 N–H and O–H groups in total. The van der Waals surface area contributed by atoms with Gasteiger partial charge in [0.05, 0.1) is 19.8 Å². The number of rotatable bonds is 11. The zero-order valence-corrected chi connectivity index (χ0v) is 19.8. The Balaban J connectivity index is 1.36. The first-order chi connectivity index (χ1) is 15.6. The second-order valence-corrected chi connectivity index (χ2v) is 8.65. The van der Waals surface area contributed by atoms with Crippen LogP contribution in [-0.2, 0) is 17.9 Å². The zero-order valence-electron chi connectivity index (χ0n) is 19.8. The fourth-order valence-electron chi connectivity index (χ4n) is 3.87. The molecule has 174 valence electrons. The molecule has 1 fully saturated rings. The summed E-state index contributed by atoms with van der Waals surface area (Å²) in [6, 6.07) is 18.7. The Morgan fingerprint density at radius 1 is 1.09 bits per heavy atom. The van der Waals surface area contributed by atoms with Gasteiger partial charge in [0.2, 0.25) is 0 Å². The van der Waals surface area contributed by atoms with E-state index in [1.54, 1.807) is 0 Å². The maximum atomic E-state index is 5.95. The van der Waals surface area contributed by atoms with Crippen molar-refractivity contribution in [2.45, 2.75) is 26.0 Å². The van der Waals surface area contributed by atoms with E-state index in [1.165, 1.54) is 11.1 Å². The summed E-state index contributed by atoms with van der Waals surface area (Å²) < 4.78 is 11.8. The van der Waals surface area contributed by atoms with Crippen LogP contribution in [0.4, 0.5) is 0 Å². The van der Waals surface area contributed by atoms with Gasteiger partial charge in [0.1, 0.15) is 5.75 Å². The fraction of sp³-hybridized carbons (Fsp3) is 0.500. The Bertz CT molecular complexity index is 808. The van der Waals surface area contributed by atoms with E-state index in [2.05, 4.69) is 70.6 Å². The predicted molar refractivity (Wildman–Crippen MR) is 131 cm³/mol. The number of likely N-dealkylation sites (tertiary alicyclic amines) is 1. The molecule has 1 atom stereocenters. The summed E-state index contributed by atoms with van der Waals surface area (Å²) in [5, 5.41) is 3.50. The summed E-state index contributed by atoms with van der Waals surface area (Å²) in [6.45, 7) is 6.00. The lowest BCUT2D eigenvalue weighted by Crippen LogP contribution is -2.39. The third-order valence-electron chi connectivity index (χ3n) is 5.65. The fourth-order valence-corrected chi connectivity index (χ4v) is 3.87. The van der Waals surface area contributed by atoms with E-state index in [0.29, 0.717) is 12.5 Å². The average Bonchev–Trinajstić information content (AvgIpc) is 3.27. The molecule has 6 nitrogen and oxygen atoms in total. The lowest BCUT2D eigenvalue weighted by Gasteiger charge is -2.22. The van der Waals surface area contributed by atoms with E-state index < -0.39 is 0 Å². The molecule has 1 aliphatic rings. The molecule has 1 heterocycles. The van der Waals surface area contributed by atoms with Crippen molar-refractivity contribution < 1.29 is 9.47 Å². The van der Waals surface area contributed by atoms with Gasteiger partial charge in [0.15, 0.2) is 5.96 Å². The third kappa shape index (κ3) is 8.17. The Morgan fingerprint density at radius 2 is 1.88 bits per heavy atom. The van der Waals surface area contributed by atoms with Gasteiger partial charge in [-0.05, 0) is 50.2 Å². The van der Waals surface area contributed by atoms with Crippen LogP contribution in [0.2, 0.25) is 0 Å². The zero-order chi connectivity index (χ0) is 22.6. The van der Waals surface area contributed by atoms with Crippen molar-refractivity contribution in [3.8, 4) is 5.75 Å². The van der Waals surface area contributed by atoms with Crippen molar-refractivity contribution >= 4 is 5.96 Å². The molecule has 1 unspecified atom stereocenters. The second-order valence-electron chi connectivity index (χ2n) is 8.65. The number of guanidine groups is 1. The maximum absolute atomic E-state index is 5.95. The monoisotopic (exact) mass is 438 g/mol. The predicted octanol–water partition coefficient (Wildman–Crippen LogP) is 3.63. The highest BCUT2D eigenvalue weighted by Gasteiger charge is 2.24. The molecule has 32 heavy (non-hydrogen) atoms. The molecule has 2 aromatic rings. The number of hydrogen-bond acceptors (Lipinski definition) is 4. The topological polar surface area (TPSA) is 49.3 Å². The molecule has 2 aromatic carbocycles. The number of benzene rings is 2. The van der Waals surface area contributed by atoms with Crippen molar-refractivity contribution in [1.82, 2.24) is 15.1 Å². The molecular formula is C26H38N4O2. The number of ether oxygens (including phenoxy) is 2. The van der Waals surface area contributed by atoms with E-state index in [9.17, 15) is 0 Å². The number of hydrogen-bond donors (Lipinski definition) is 1. The van der Waals surface area contributed by atoms with Crippen molar-refractivity contribution in [2.75, 3.05) is 54.0 Å². The number of nitrogens with zero attached hydrogens (tertiary/aromatic N) is 3. The molecule has 0 radical (unpaired) electrons. The Morgan fingerprint density at radius 3 is 2.59 bits per heavy atom. The largest absolute Gasteiger partial charge is 0.494 e. The molecule has 0 bridgehead atoms. The lowest BCUT2D eigenvalue weighted by molar-refractivity contribution is 0.0906. The molecule has 0 aromatic heterocycles. The van der Waals surface area contributed by atoms with Crippen LogP contribution in [-0.4, -0.2) is 69.8 Å². The quantitative estimate of drug-likeness (QED) is 0.330. The third-order valence-corrected chi connectivity index (χ3v) is 5.65. The summed E-state index contributed by atoms with van der Waals surface area (Å²) in [5.74, 6) is 2.43. The van der Waals surface area contributed by atoms with Gasteiger partial charge in [-0.25, -0.2) is 0 Å². The second kappa shape index (κ2) is 13.1. The van der Waals surface area contributed by atoms with E-state index in [-0.39, 0.29) is 0 Å². The van der Waals surface area contributed by atoms with Gasteiger partial charge in [-0.15, -0.1) is 0 Å².